The lowest BCUT2D eigenvalue weighted by Crippen LogP contribution is -2.06. The molecule has 0 aliphatic carbocycles. The molecule has 0 aliphatic rings. The van der Waals surface area contributed by atoms with E-state index in [1.54, 1.807) is 0 Å². The Morgan fingerprint density at radius 1 is 1.70 bits per heavy atom. The molecule has 0 unspecified atom stereocenters. The molecule has 0 saturated heterocycles. The van der Waals surface area contributed by atoms with Gasteiger partial charge in [-0.2, -0.15) is 0 Å². The zero-order valence-electron chi connectivity index (χ0n) is 5.20. The number of aromatic amines is 1. The second-order valence-corrected chi connectivity index (χ2v) is 1.77. The van der Waals surface area contributed by atoms with Crippen LogP contribution in [0.5, 0.6) is 0 Å². The van der Waals surface area contributed by atoms with Gasteiger partial charge in [0.2, 0.25) is 0 Å². The zero-order valence-corrected chi connectivity index (χ0v) is 5.20. The minimum Gasteiger partial charge on any atom is -0.326 e. The largest absolute Gasteiger partial charge is 0.326 e. The molecule has 0 bridgehead atoms. The summed E-state index contributed by atoms with van der Waals surface area (Å²) in [6.45, 7) is 0. The highest BCUT2D eigenvalue weighted by Gasteiger charge is 1.89. The van der Waals surface area contributed by atoms with Crippen LogP contribution in [0.25, 0.3) is 0 Å². The number of hydrogen-bond donors (Lipinski definition) is 1. The fourth-order valence-electron chi connectivity index (χ4n) is 0.568. The van der Waals surface area contributed by atoms with Gasteiger partial charge in [-0.15, -0.1) is 0 Å². The van der Waals surface area contributed by atoms with Crippen molar-refractivity contribution in [3.63, 3.8) is 0 Å². The molecule has 0 aliphatic heterocycles. The summed E-state index contributed by atoms with van der Waals surface area (Å²) in [6.07, 6.45) is 3.56. The topological polar surface area (TPSA) is 62.8 Å². The van der Waals surface area contributed by atoms with Gasteiger partial charge in [-0.25, -0.2) is 0 Å². The van der Waals surface area contributed by atoms with E-state index in [0.29, 0.717) is 5.69 Å². The molecule has 52 valence electrons. The van der Waals surface area contributed by atoms with Gasteiger partial charge in [0.05, 0.1) is 11.9 Å². The Balaban J connectivity index is 2.89. The molecular weight excluding hydrogens is 132 g/mol. The SMILES string of the molecule is O=CCc1c[nH]c(=O)cn1. The van der Waals surface area contributed by atoms with Gasteiger partial charge in [0.25, 0.3) is 5.56 Å². The second kappa shape index (κ2) is 2.91. The number of nitrogens with one attached hydrogen (secondary N) is 1. The maximum Gasteiger partial charge on any atom is 0.266 e. The Bertz CT molecular complexity index is 259. The highest BCUT2D eigenvalue weighted by atomic mass is 16.1. The van der Waals surface area contributed by atoms with Crippen LogP contribution in [-0.2, 0) is 11.2 Å². The van der Waals surface area contributed by atoms with Crippen molar-refractivity contribution in [2.75, 3.05) is 0 Å². The van der Waals surface area contributed by atoms with Crippen molar-refractivity contribution in [2.45, 2.75) is 6.42 Å². The molecule has 1 rings (SSSR count). The monoisotopic (exact) mass is 138 g/mol. The lowest BCUT2D eigenvalue weighted by atomic mass is 10.3. The van der Waals surface area contributed by atoms with Crippen molar-refractivity contribution in [3.05, 3.63) is 28.4 Å². The van der Waals surface area contributed by atoms with Crippen LogP contribution in [0.3, 0.4) is 0 Å². The number of rotatable bonds is 2. The normalized spacial score (nSPS) is 9.20. The zero-order chi connectivity index (χ0) is 7.40. The predicted octanol–water partition coefficient (Wildman–Crippen LogP) is -0.489. The Morgan fingerprint density at radius 3 is 3.00 bits per heavy atom. The number of carbonyl (C=O) groups is 1. The first kappa shape index (κ1) is 6.67. The minimum absolute atomic E-state index is 0.247. The number of aromatic nitrogens is 2. The summed E-state index contributed by atoms with van der Waals surface area (Å²) in [6, 6.07) is 0. The lowest BCUT2D eigenvalue weighted by Gasteiger charge is -1.88. The number of carbonyl (C=O) groups excluding carboxylic acids is 1. The Labute approximate surface area is 56.9 Å². The summed E-state index contributed by atoms with van der Waals surface area (Å²) >= 11 is 0. The van der Waals surface area contributed by atoms with Gasteiger partial charge in [-0.05, 0) is 0 Å². The van der Waals surface area contributed by atoms with Crippen molar-refractivity contribution < 1.29 is 4.79 Å². The Morgan fingerprint density at radius 2 is 2.50 bits per heavy atom. The van der Waals surface area contributed by atoms with E-state index < -0.39 is 0 Å². The lowest BCUT2D eigenvalue weighted by molar-refractivity contribution is -0.107. The van der Waals surface area contributed by atoms with Gasteiger partial charge in [-0.3, -0.25) is 9.78 Å². The molecule has 1 aromatic rings. The van der Waals surface area contributed by atoms with Gasteiger partial charge in [-0.1, -0.05) is 0 Å². The standard InChI is InChI=1S/C6H6N2O2/c9-2-1-5-3-8-6(10)4-7-5/h2-4H,1H2,(H,8,10). The average molecular weight is 138 g/mol. The van der Waals surface area contributed by atoms with Crippen LogP contribution in [0, 0.1) is 0 Å². The van der Waals surface area contributed by atoms with Crippen molar-refractivity contribution >= 4 is 6.29 Å². The van der Waals surface area contributed by atoms with E-state index >= 15 is 0 Å². The Kier molecular flexibility index (Phi) is 1.94. The van der Waals surface area contributed by atoms with E-state index in [4.69, 9.17) is 0 Å². The third kappa shape index (κ3) is 1.51. The maximum atomic E-state index is 10.4. The fourth-order valence-corrected chi connectivity index (χ4v) is 0.568. The molecule has 0 fully saturated rings. The molecule has 1 heterocycles. The van der Waals surface area contributed by atoms with E-state index in [1.165, 1.54) is 6.20 Å². The quantitative estimate of drug-likeness (QED) is 0.561. The van der Waals surface area contributed by atoms with Gasteiger partial charge >= 0.3 is 0 Å². The van der Waals surface area contributed by atoms with Gasteiger partial charge < -0.3 is 9.78 Å². The van der Waals surface area contributed by atoms with Crippen LogP contribution >= 0.6 is 0 Å². The summed E-state index contributed by atoms with van der Waals surface area (Å²) in [4.78, 5) is 26.4. The van der Waals surface area contributed by atoms with Crippen LogP contribution in [0.15, 0.2) is 17.2 Å². The third-order valence-corrected chi connectivity index (χ3v) is 1.02. The molecule has 4 heteroatoms. The highest BCUT2D eigenvalue weighted by molar-refractivity contribution is 5.53. The first-order valence-electron chi connectivity index (χ1n) is 2.80. The first-order valence-corrected chi connectivity index (χ1v) is 2.80. The average Bonchev–Trinajstić information content (AvgIpc) is 1.95. The smallest absolute Gasteiger partial charge is 0.266 e. The number of nitrogens with zero attached hydrogens (tertiary/aromatic N) is 1. The van der Waals surface area contributed by atoms with Crippen LogP contribution in [0.1, 0.15) is 5.69 Å². The molecule has 0 saturated carbocycles. The van der Waals surface area contributed by atoms with Crippen molar-refractivity contribution in [3.8, 4) is 0 Å². The summed E-state index contributed by atoms with van der Waals surface area (Å²) in [5.74, 6) is 0. The number of hydrogen-bond acceptors (Lipinski definition) is 3. The van der Waals surface area contributed by atoms with Gasteiger partial charge in [0, 0.05) is 12.6 Å². The van der Waals surface area contributed by atoms with Crippen molar-refractivity contribution in [2.24, 2.45) is 0 Å². The van der Waals surface area contributed by atoms with Gasteiger partial charge in [0.1, 0.15) is 6.29 Å². The van der Waals surface area contributed by atoms with E-state index in [9.17, 15) is 9.59 Å². The number of H-pyrrole nitrogens is 1. The van der Waals surface area contributed by atoms with E-state index in [-0.39, 0.29) is 12.0 Å². The summed E-state index contributed by atoms with van der Waals surface area (Å²) in [5.41, 5.74) is 0.323. The molecule has 0 radical (unpaired) electrons. The molecule has 10 heavy (non-hydrogen) atoms. The molecule has 0 spiro atoms. The minimum atomic E-state index is -0.255. The van der Waals surface area contributed by atoms with Crippen LogP contribution in [-0.4, -0.2) is 16.3 Å². The highest BCUT2D eigenvalue weighted by Crippen LogP contribution is 1.84. The molecule has 1 aromatic heterocycles. The summed E-state index contributed by atoms with van der Waals surface area (Å²) in [7, 11) is 0. The summed E-state index contributed by atoms with van der Waals surface area (Å²) in [5, 5.41) is 0. The Hall–Kier alpha value is -1.45. The van der Waals surface area contributed by atoms with Gasteiger partial charge in [0.15, 0.2) is 0 Å². The predicted molar refractivity (Wildman–Crippen MR) is 34.6 cm³/mol. The third-order valence-electron chi connectivity index (χ3n) is 1.02. The van der Waals surface area contributed by atoms with Crippen molar-refractivity contribution in [1.82, 2.24) is 9.97 Å². The van der Waals surface area contributed by atoms with Crippen molar-refractivity contribution in [1.29, 1.82) is 0 Å². The van der Waals surface area contributed by atoms with Crippen LogP contribution < -0.4 is 5.56 Å². The number of aldehydes is 1. The maximum absolute atomic E-state index is 10.4. The van der Waals surface area contributed by atoms with E-state index in [2.05, 4.69) is 9.97 Å². The molecule has 4 nitrogen and oxygen atoms in total. The molecular formula is C6H6N2O2. The van der Waals surface area contributed by atoms with Crippen LogP contribution in [0.2, 0.25) is 0 Å². The fraction of sp³-hybridized carbons (Fsp3) is 0.167. The molecule has 1 N–H and O–H groups in total. The molecule has 0 amide bonds. The molecule has 0 aromatic carbocycles. The van der Waals surface area contributed by atoms with E-state index in [1.807, 2.05) is 0 Å². The second-order valence-electron chi connectivity index (χ2n) is 1.77. The molecule has 0 atom stereocenters. The van der Waals surface area contributed by atoms with Crippen LogP contribution in [0.4, 0.5) is 0 Å². The first-order chi connectivity index (χ1) is 4.83. The summed E-state index contributed by atoms with van der Waals surface area (Å²) < 4.78 is 0. The van der Waals surface area contributed by atoms with E-state index in [0.717, 1.165) is 12.5 Å².